The van der Waals surface area contributed by atoms with E-state index in [9.17, 15) is 4.79 Å². The van der Waals surface area contributed by atoms with Gasteiger partial charge >= 0.3 is 6.09 Å². The van der Waals surface area contributed by atoms with Crippen molar-refractivity contribution in [2.75, 3.05) is 35.4 Å². The summed E-state index contributed by atoms with van der Waals surface area (Å²) in [5, 5.41) is 9.32. The van der Waals surface area contributed by atoms with Crippen molar-refractivity contribution in [3.05, 3.63) is 60.3 Å². The Balaban J connectivity index is 1.37. The van der Waals surface area contributed by atoms with E-state index in [1.54, 1.807) is 27.8 Å². The van der Waals surface area contributed by atoms with Crippen molar-refractivity contribution in [1.29, 1.82) is 0 Å². The first-order valence-corrected chi connectivity index (χ1v) is 12.1. The highest BCUT2D eigenvalue weighted by Gasteiger charge is 2.25. The minimum absolute atomic E-state index is 0.270. The van der Waals surface area contributed by atoms with E-state index in [0.717, 1.165) is 33.7 Å². The van der Waals surface area contributed by atoms with Gasteiger partial charge in [0.1, 0.15) is 11.6 Å². The van der Waals surface area contributed by atoms with Crippen LogP contribution in [0.1, 0.15) is 11.5 Å². The fourth-order valence-electron chi connectivity index (χ4n) is 3.37. The predicted molar refractivity (Wildman–Crippen MR) is 123 cm³/mol. The maximum atomic E-state index is 12.3. The summed E-state index contributed by atoms with van der Waals surface area (Å²) in [6, 6.07) is 15.8. The van der Waals surface area contributed by atoms with Gasteiger partial charge in [0.25, 0.3) is 0 Å². The molecule has 0 radical (unpaired) electrons. The fraction of sp³-hybridized carbons (Fsp3) is 0.238. The largest absolute Gasteiger partial charge is 0.448 e. The van der Waals surface area contributed by atoms with E-state index in [0.29, 0.717) is 18.2 Å². The monoisotopic (exact) mass is 445 g/mol. The summed E-state index contributed by atoms with van der Waals surface area (Å²) in [5.74, 6) is 1.51. The molecule has 5 nitrogen and oxygen atoms in total. The molecule has 0 saturated heterocycles. The molecule has 0 fully saturated rings. The van der Waals surface area contributed by atoms with Gasteiger partial charge in [0, 0.05) is 41.4 Å². The van der Waals surface area contributed by atoms with E-state index < -0.39 is 6.09 Å². The van der Waals surface area contributed by atoms with Crippen molar-refractivity contribution >= 4 is 61.4 Å². The highest BCUT2D eigenvalue weighted by molar-refractivity contribution is 8.76. The summed E-state index contributed by atoms with van der Waals surface area (Å²) in [7, 11) is 3.17. The van der Waals surface area contributed by atoms with Crippen molar-refractivity contribution in [2.24, 2.45) is 0 Å². The maximum Gasteiger partial charge on any atom is 0.411 e. The molecule has 150 valence electrons. The number of aromatic nitrogens is 1. The molecule has 0 bridgehead atoms. The number of halogens is 1. The Labute approximate surface area is 182 Å². The number of alkyl halides is 1. The molecule has 1 aliphatic rings. The van der Waals surface area contributed by atoms with Gasteiger partial charge in [-0.1, -0.05) is 41.1 Å². The summed E-state index contributed by atoms with van der Waals surface area (Å²) in [6.45, 7) is 1.13. The molecule has 3 aromatic rings. The van der Waals surface area contributed by atoms with Gasteiger partial charge in [0.05, 0.1) is 5.69 Å². The molecule has 1 amide bonds. The van der Waals surface area contributed by atoms with E-state index in [1.165, 1.54) is 5.56 Å². The molecule has 0 aliphatic carbocycles. The number of hydrogen-bond acceptors (Lipinski definition) is 6. The van der Waals surface area contributed by atoms with Crippen LogP contribution >= 0.6 is 33.2 Å². The maximum absolute atomic E-state index is 12.3. The van der Waals surface area contributed by atoms with Crippen LogP contribution in [0.3, 0.4) is 0 Å². The number of fused-ring (bicyclic) bond motifs is 3. The van der Waals surface area contributed by atoms with Gasteiger partial charge in [-0.3, -0.25) is 5.32 Å². The molecule has 2 heterocycles. The molecule has 0 saturated carbocycles. The van der Waals surface area contributed by atoms with E-state index in [1.807, 2.05) is 42.5 Å². The van der Waals surface area contributed by atoms with Crippen molar-refractivity contribution < 1.29 is 9.53 Å². The summed E-state index contributed by atoms with van der Waals surface area (Å²) in [4.78, 5) is 16.6. The second-order valence-electron chi connectivity index (χ2n) is 6.50. The Bertz CT molecular complexity index is 1000. The van der Waals surface area contributed by atoms with Crippen LogP contribution in [0.5, 0.6) is 0 Å². The summed E-state index contributed by atoms with van der Waals surface area (Å²) >= 11 is 6.14. The van der Waals surface area contributed by atoms with Crippen molar-refractivity contribution in [3.63, 3.8) is 0 Å². The molecule has 1 atom stereocenters. The Hall–Kier alpha value is -2.09. The van der Waals surface area contributed by atoms with E-state index in [4.69, 9.17) is 16.3 Å². The SMILES string of the molecule is O=C(Nc1cc2c(c3ccccc13)C(CCl)CN2)OCCSSc1ccccn1. The predicted octanol–water partition coefficient (Wildman–Crippen LogP) is 5.97. The second-order valence-corrected chi connectivity index (χ2v) is 9.24. The van der Waals surface area contributed by atoms with Crippen LogP contribution in [0, 0.1) is 0 Å². The molecule has 1 aromatic heterocycles. The first-order chi connectivity index (χ1) is 14.3. The van der Waals surface area contributed by atoms with Gasteiger partial charge in [0.2, 0.25) is 0 Å². The zero-order valence-electron chi connectivity index (χ0n) is 15.6. The quantitative estimate of drug-likeness (QED) is 0.265. The van der Waals surface area contributed by atoms with Gasteiger partial charge < -0.3 is 10.1 Å². The lowest BCUT2D eigenvalue weighted by Crippen LogP contribution is -2.15. The van der Waals surface area contributed by atoms with Gasteiger partial charge in [-0.25, -0.2) is 9.78 Å². The molecule has 1 aliphatic heterocycles. The van der Waals surface area contributed by atoms with Gasteiger partial charge in [0.15, 0.2) is 0 Å². The van der Waals surface area contributed by atoms with Crippen molar-refractivity contribution in [1.82, 2.24) is 4.98 Å². The minimum Gasteiger partial charge on any atom is -0.448 e. The minimum atomic E-state index is -0.453. The molecular weight excluding hydrogens is 426 g/mol. The molecule has 2 N–H and O–H groups in total. The van der Waals surface area contributed by atoms with Crippen LogP contribution < -0.4 is 10.6 Å². The number of carbonyl (C=O) groups excluding carboxylic acids is 1. The molecule has 4 rings (SSSR count). The first-order valence-electron chi connectivity index (χ1n) is 9.26. The standard InChI is InChI=1S/C21H20ClN3O2S2/c22-12-14-13-24-18-11-17(15-5-1-2-6-16(15)20(14)18)25-21(26)27-9-10-28-29-19-7-3-4-8-23-19/h1-8,11,14,24H,9-10,12-13H2,(H,25,26). The fourth-order valence-corrected chi connectivity index (χ4v) is 5.34. The Kier molecular flexibility index (Phi) is 6.69. The van der Waals surface area contributed by atoms with Crippen LogP contribution in [0.15, 0.2) is 59.8 Å². The van der Waals surface area contributed by atoms with Crippen LogP contribution in [0.25, 0.3) is 10.8 Å². The van der Waals surface area contributed by atoms with E-state index >= 15 is 0 Å². The summed E-state index contributed by atoms with van der Waals surface area (Å²) in [6.07, 6.45) is 1.31. The summed E-state index contributed by atoms with van der Waals surface area (Å²) in [5.41, 5.74) is 2.98. The lowest BCUT2D eigenvalue weighted by Gasteiger charge is -2.14. The zero-order valence-corrected chi connectivity index (χ0v) is 17.9. The van der Waals surface area contributed by atoms with Gasteiger partial charge in [-0.15, -0.1) is 11.6 Å². The van der Waals surface area contributed by atoms with Crippen molar-refractivity contribution in [3.8, 4) is 0 Å². The lowest BCUT2D eigenvalue weighted by molar-refractivity contribution is 0.169. The third-order valence-corrected chi connectivity index (χ3v) is 7.24. The third kappa shape index (κ3) is 4.74. The highest BCUT2D eigenvalue weighted by atomic mass is 35.5. The Morgan fingerprint density at radius 2 is 2.07 bits per heavy atom. The highest BCUT2D eigenvalue weighted by Crippen LogP contribution is 2.41. The van der Waals surface area contributed by atoms with E-state index in [-0.39, 0.29) is 5.92 Å². The smallest absolute Gasteiger partial charge is 0.411 e. The molecule has 8 heteroatoms. The Morgan fingerprint density at radius 3 is 2.86 bits per heavy atom. The normalized spacial score (nSPS) is 15.0. The number of amides is 1. The van der Waals surface area contributed by atoms with E-state index in [2.05, 4.69) is 21.7 Å². The lowest BCUT2D eigenvalue weighted by atomic mass is 9.95. The number of nitrogens with one attached hydrogen (secondary N) is 2. The molecular formula is C21H20ClN3O2S2. The zero-order chi connectivity index (χ0) is 20.1. The van der Waals surface area contributed by atoms with Crippen molar-refractivity contribution in [2.45, 2.75) is 10.9 Å². The van der Waals surface area contributed by atoms with Gasteiger partial charge in [-0.2, -0.15) is 0 Å². The topological polar surface area (TPSA) is 63.2 Å². The molecule has 29 heavy (non-hydrogen) atoms. The van der Waals surface area contributed by atoms with Crippen LogP contribution in [0.2, 0.25) is 0 Å². The van der Waals surface area contributed by atoms with Crippen LogP contribution in [-0.4, -0.2) is 35.9 Å². The number of rotatable bonds is 7. The second kappa shape index (κ2) is 9.61. The molecule has 1 unspecified atom stereocenters. The number of anilines is 2. The summed E-state index contributed by atoms with van der Waals surface area (Å²) < 4.78 is 5.35. The number of carbonyl (C=O) groups is 1. The number of ether oxygens (including phenoxy) is 1. The average Bonchev–Trinajstić information content (AvgIpc) is 3.17. The first kappa shape index (κ1) is 20.2. The molecule has 0 spiro atoms. The molecule has 2 aromatic carbocycles. The Morgan fingerprint density at radius 1 is 1.24 bits per heavy atom. The van der Waals surface area contributed by atoms with Crippen LogP contribution in [-0.2, 0) is 4.74 Å². The van der Waals surface area contributed by atoms with Gasteiger partial charge in [-0.05, 0) is 39.9 Å². The number of benzene rings is 2. The third-order valence-electron chi connectivity index (χ3n) is 4.64. The van der Waals surface area contributed by atoms with Crippen LogP contribution in [0.4, 0.5) is 16.2 Å². The number of pyridine rings is 1. The average molecular weight is 446 g/mol. The number of hydrogen-bond donors (Lipinski definition) is 2. The number of nitrogens with zero attached hydrogens (tertiary/aromatic N) is 1.